The first kappa shape index (κ1) is 24.5. The minimum Gasteiger partial charge on any atom is -0.455 e. The minimum atomic E-state index is -4.73. The summed E-state index contributed by atoms with van der Waals surface area (Å²) in [6, 6.07) is 14.0. The van der Waals surface area contributed by atoms with Crippen LogP contribution in [-0.4, -0.2) is 29.6 Å². The first-order valence-corrected chi connectivity index (χ1v) is 13.8. The number of hydrogen-bond acceptors (Lipinski definition) is 6. The van der Waals surface area contributed by atoms with Gasteiger partial charge in [0.15, 0.2) is 9.61 Å². The van der Waals surface area contributed by atoms with Gasteiger partial charge in [0.05, 0.1) is 28.9 Å². The summed E-state index contributed by atoms with van der Waals surface area (Å²) in [6.07, 6.45) is -0.511. The van der Waals surface area contributed by atoms with Crippen LogP contribution in [0.1, 0.15) is 10.6 Å². The standard InChI is InChI=1S/C23H16BrF3N4O3S2/c1-36(32,33)31(12-17-20(23(25,26)27)30-22(24)35-17)14-7-8-15-16(11-14)34-19(13-5-3-2-4-6-13)18(15)21-28-9-10-29-21/h2-11H,12H2,1H3,(H,28,29). The number of sulfonamides is 1. The van der Waals surface area contributed by atoms with Gasteiger partial charge in [-0.3, -0.25) is 4.31 Å². The third kappa shape index (κ3) is 4.65. The number of furan rings is 1. The van der Waals surface area contributed by atoms with Gasteiger partial charge in [-0.05, 0) is 28.1 Å². The Labute approximate surface area is 215 Å². The summed E-state index contributed by atoms with van der Waals surface area (Å²) in [4.78, 5) is 10.7. The lowest BCUT2D eigenvalue weighted by atomic mass is 10.0. The Morgan fingerprint density at radius 2 is 1.92 bits per heavy atom. The zero-order valence-electron chi connectivity index (χ0n) is 18.4. The van der Waals surface area contributed by atoms with Crippen molar-refractivity contribution in [1.29, 1.82) is 0 Å². The molecule has 3 heterocycles. The Hall–Kier alpha value is -3.16. The van der Waals surface area contributed by atoms with Gasteiger partial charge < -0.3 is 9.40 Å². The number of nitrogens with one attached hydrogen (secondary N) is 1. The van der Waals surface area contributed by atoms with Gasteiger partial charge in [-0.2, -0.15) is 13.2 Å². The lowest BCUT2D eigenvalue weighted by Gasteiger charge is -2.22. The molecule has 0 saturated heterocycles. The Balaban J connectivity index is 1.65. The zero-order chi connectivity index (χ0) is 25.7. The molecule has 1 N–H and O–H groups in total. The molecule has 0 aliphatic carbocycles. The second-order valence-corrected chi connectivity index (χ2v) is 12.1. The number of aromatic nitrogens is 3. The monoisotopic (exact) mass is 596 g/mol. The number of nitrogens with zero attached hydrogens (tertiary/aromatic N) is 3. The average Bonchev–Trinajstić information content (AvgIpc) is 3.54. The van der Waals surface area contributed by atoms with Gasteiger partial charge in [0.25, 0.3) is 0 Å². The number of imidazole rings is 1. The molecule has 0 atom stereocenters. The van der Waals surface area contributed by atoms with Gasteiger partial charge in [-0.25, -0.2) is 18.4 Å². The van der Waals surface area contributed by atoms with Crippen molar-refractivity contribution < 1.29 is 26.0 Å². The fourth-order valence-corrected chi connectivity index (χ4v) is 6.35. The highest BCUT2D eigenvalue weighted by Gasteiger charge is 2.38. The maximum absolute atomic E-state index is 13.5. The smallest absolute Gasteiger partial charge is 0.434 e. The van der Waals surface area contributed by atoms with Crippen molar-refractivity contribution in [3.63, 3.8) is 0 Å². The predicted molar refractivity (Wildman–Crippen MR) is 135 cm³/mol. The van der Waals surface area contributed by atoms with Gasteiger partial charge in [0.2, 0.25) is 10.0 Å². The molecule has 186 valence electrons. The van der Waals surface area contributed by atoms with E-state index in [2.05, 4.69) is 30.9 Å². The number of halogens is 4. The van der Waals surface area contributed by atoms with Crippen LogP contribution in [0.15, 0.2) is 69.3 Å². The summed E-state index contributed by atoms with van der Waals surface area (Å²) >= 11 is 3.70. The van der Waals surface area contributed by atoms with Gasteiger partial charge >= 0.3 is 6.18 Å². The van der Waals surface area contributed by atoms with E-state index < -0.39 is 28.4 Å². The number of benzene rings is 2. The molecule has 7 nitrogen and oxygen atoms in total. The van der Waals surface area contributed by atoms with Crippen LogP contribution >= 0.6 is 27.3 Å². The van der Waals surface area contributed by atoms with Gasteiger partial charge in [0.1, 0.15) is 17.2 Å². The van der Waals surface area contributed by atoms with Crippen LogP contribution in [0.4, 0.5) is 18.9 Å². The van der Waals surface area contributed by atoms with E-state index in [0.717, 1.165) is 27.5 Å². The van der Waals surface area contributed by atoms with Crippen molar-refractivity contribution in [2.45, 2.75) is 12.7 Å². The van der Waals surface area contributed by atoms with Crippen LogP contribution in [-0.2, 0) is 22.7 Å². The maximum atomic E-state index is 13.5. The molecule has 0 aliphatic rings. The predicted octanol–water partition coefficient (Wildman–Crippen LogP) is 6.69. The molecule has 5 rings (SSSR count). The van der Waals surface area contributed by atoms with E-state index in [1.54, 1.807) is 18.5 Å². The fraction of sp³-hybridized carbons (Fsp3) is 0.130. The Kier molecular flexibility index (Phi) is 6.17. The van der Waals surface area contributed by atoms with Gasteiger partial charge in [-0.15, -0.1) is 11.3 Å². The molecule has 36 heavy (non-hydrogen) atoms. The van der Waals surface area contributed by atoms with E-state index in [-0.39, 0.29) is 14.5 Å². The fourth-order valence-electron chi connectivity index (χ4n) is 3.85. The number of fused-ring (bicyclic) bond motifs is 1. The molecule has 2 aromatic carbocycles. The number of anilines is 1. The van der Waals surface area contributed by atoms with E-state index in [1.807, 2.05) is 30.3 Å². The van der Waals surface area contributed by atoms with Gasteiger partial charge in [0, 0.05) is 29.4 Å². The molecular weight excluding hydrogens is 581 g/mol. The summed E-state index contributed by atoms with van der Waals surface area (Å²) in [5.41, 5.74) is 0.851. The Bertz CT molecular complexity index is 1650. The van der Waals surface area contributed by atoms with Crippen molar-refractivity contribution in [2.24, 2.45) is 0 Å². The zero-order valence-corrected chi connectivity index (χ0v) is 21.6. The molecule has 0 saturated carbocycles. The molecule has 0 fully saturated rings. The van der Waals surface area contributed by atoms with Crippen LogP contribution in [0.3, 0.4) is 0 Å². The third-order valence-electron chi connectivity index (χ3n) is 5.36. The normalized spacial score (nSPS) is 12.4. The summed E-state index contributed by atoms with van der Waals surface area (Å²) in [5.74, 6) is 1.08. The number of hydrogen-bond donors (Lipinski definition) is 1. The second kappa shape index (κ2) is 9.05. The number of H-pyrrole nitrogens is 1. The molecule has 0 radical (unpaired) electrons. The summed E-state index contributed by atoms with van der Waals surface area (Å²) in [7, 11) is -3.97. The quantitative estimate of drug-likeness (QED) is 0.236. The third-order valence-corrected chi connectivity index (χ3v) is 7.99. The molecule has 0 bridgehead atoms. The molecule has 0 spiro atoms. The molecule has 0 amide bonds. The van der Waals surface area contributed by atoms with E-state index in [9.17, 15) is 21.6 Å². The van der Waals surface area contributed by atoms with E-state index >= 15 is 0 Å². The van der Waals surface area contributed by atoms with Crippen molar-refractivity contribution >= 4 is 53.9 Å². The van der Waals surface area contributed by atoms with E-state index in [0.29, 0.717) is 28.1 Å². The SMILES string of the molecule is CS(=O)(=O)N(Cc1sc(Br)nc1C(F)(F)F)c1ccc2c(-c3ncc[nH]3)c(-c3ccccc3)oc2c1. The summed E-state index contributed by atoms with van der Waals surface area (Å²) < 4.78 is 72.9. The van der Waals surface area contributed by atoms with E-state index in [1.165, 1.54) is 12.1 Å². The Morgan fingerprint density at radius 1 is 1.17 bits per heavy atom. The lowest BCUT2D eigenvalue weighted by Crippen LogP contribution is -2.29. The molecule has 3 aromatic heterocycles. The van der Waals surface area contributed by atoms with Crippen molar-refractivity contribution in [3.8, 4) is 22.7 Å². The van der Waals surface area contributed by atoms with Crippen LogP contribution < -0.4 is 4.31 Å². The maximum Gasteiger partial charge on any atom is 0.434 e. The topological polar surface area (TPSA) is 92.1 Å². The van der Waals surface area contributed by atoms with Crippen LogP contribution in [0.25, 0.3) is 33.7 Å². The minimum absolute atomic E-state index is 0.00959. The van der Waals surface area contributed by atoms with Crippen molar-refractivity contribution in [3.05, 3.63) is 75.4 Å². The van der Waals surface area contributed by atoms with Crippen molar-refractivity contribution in [2.75, 3.05) is 10.6 Å². The van der Waals surface area contributed by atoms with E-state index in [4.69, 9.17) is 4.42 Å². The average molecular weight is 597 g/mol. The number of thiazole rings is 1. The van der Waals surface area contributed by atoms with Crippen LogP contribution in [0.2, 0.25) is 0 Å². The largest absolute Gasteiger partial charge is 0.455 e. The molecule has 0 unspecified atom stereocenters. The number of aromatic amines is 1. The van der Waals surface area contributed by atoms with Crippen LogP contribution in [0.5, 0.6) is 0 Å². The second-order valence-electron chi connectivity index (χ2n) is 7.80. The number of alkyl halides is 3. The molecule has 0 aliphatic heterocycles. The number of rotatable bonds is 6. The highest BCUT2D eigenvalue weighted by Crippen LogP contribution is 2.42. The van der Waals surface area contributed by atoms with Crippen molar-refractivity contribution in [1.82, 2.24) is 15.0 Å². The van der Waals surface area contributed by atoms with Crippen LogP contribution in [0, 0.1) is 0 Å². The molecular formula is C23H16BrF3N4O3S2. The first-order valence-electron chi connectivity index (χ1n) is 10.3. The van der Waals surface area contributed by atoms with Gasteiger partial charge in [-0.1, -0.05) is 30.3 Å². The molecule has 5 aromatic rings. The lowest BCUT2D eigenvalue weighted by molar-refractivity contribution is -0.141. The first-order chi connectivity index (χ1) is 17.0. The summed E-state index contributed by atoms with van der Waals surface area (Å²) in [5, 5.41) is 0.664. The highest BCUT2D eigenvalue weighted by atomic mass is 79.9. The highest BCUT2D eigenvalue weighted by molar-refractivity contribution is 9.11. The molecule has 13 heteroatoms. The Morgan fingerprint density at radius 3 is 2.56 bits per heavy atom. The summed E-state index contributed by atoms with van der Waals surface area (Å²) in [6.45, 7) is -0.542.